The van der Waals surface area contributed by atoms with Gasteiger partial charge in [-0.05, 0) is 23.1 Å². The summed E-state index contributed by atoms with van der Waals surface area (Å²) in [6.45, 7) is 5.71. The number of carboxylic acids is 1. The van der Waals surface area contributed by atoms with Gasteiger partial charge in [-0.1, -0.05) is 32.9 Å². The molecule has 3 N–H and O–H groups in total. The zero-order valence-corrected chi connectivity index (χ0v) is 11.2. The number of hydrogen-bond acceptors (Lipinski definition) is 3. The molecule has 1 rings (SSSR count). The second kappa shape index (κ2) is 6.19. The lowest BCUT2D eigenvalue weighted by molar-refractivity contribution is -0.143. The van der Waals surface area contributed by atoms with Gasteiger partial charge in [-0.15, -0.1) is 0 Å². The third-order valence-electron chi connectivity index (χ3n) is 2.37. The number of rotatable bonds is 4. The van der Waals surface area contributed by atoms with Gasteiger partial charge in [-0.3, -0.25) is 4.84 Å². The number of aliphatic carboxylic acids is 1. The van der Waals surface area contributed by atoms with Gasteiger partial charge in [0.25, 0.3) is 0 Å². The van der Waals surface area contributed by atoms with Gasteiger partial charge in [0.2, 0.25) is 0 Å². The number of anilines is 1. The number of carboxylic acid groups (broad SMARTS) is 1. The van der Waals surface area contributed by atoms with Gasteiger partial charge in [0.1, 0.15) is 0 Å². The first-order chi connectivity index (χ1) is 8.79. The summed E-state index contributed by atoms with van der Waals surface area (Å²) < 4.78 is 0. The molecule has 0 fully saturated rings. The first-order valence-electron chi connectivity index (χ1n) is 5.80. The van der Waals surface area contributed by atoms with Crippen LogP contribution in [-0.4, -0.2) is 23.7 Å². The Bertz CT molecular complexity index is 449. The maximum atomic E-state index is 11.3. The summed E-state index contributed by atoms with van der Waals surface area (Å²) in [5, 5.41) is 10.9. The van der Waals surface area contributed by atoms with Crippen LogP contribution in [0.2, 0.25) is 0 Å². The summed E-state index contributed by atoms with van der Waals surface area (Å²) in [7, 11) is 0. The van der Waals surface area contributed by atoms with Gasteiger partial charge in [0, 0.05) is 5.69 Å². The number of carbonyl (C=O) groups excluding carboxylic acids is 1. The number of benzene rings is 1. The lowest BCUT2D eigenvalue weighted by Gasteiger charge is -2.19. The molecule has 1 aromatic rings. The third kappa shape index (κ3) is 5.39. The molecule has 0 radical (unpaired) electrons. The normalized spacial score (nSPS) is 10.9. The molecule has 0 unspecified atom stereocenters. The van der Waals surface area contributed by atoms with E-state index < -0.39 is 18.6 Å². The molecule has 0 aliphatic rings. The van der Waals surface area contributed by atoms with Crippen LogP contribution in [0.3, 0.4) is 0 Å². The molecule has 0 aromatic heterocycles. The fourth-order valence-electron chi connectivity index (χ4n) is 1.37. The van der Waals surface area contributed by atoms with Crippen LogP contribution in [-0.2, 0) is 15.0 Å². The van der Waals surface area contributed by atoms with Crippen LogP contribution in [0.1, 0.15) is 26.3 Å². The average Bonchev–Trinajstić information content (AvgIpc) is 2.27. The SMILES string of the molecule is CC(C)(C)c1ccc(NC(=O)NOCC(=O)O)cc1. The molecule has 0 aliphatic carbocycles. The van der Waals surface area contributed by atoms with E-state index in [0.717, 1.165) is 5.56 Å². The molecular formula is C13H18N2O4. The Labute approximate surface area is 111 Å². The van der Waals surface area contributed by atoms with Crippen LogP contribution in [0.4, 0.5) is 10.5 Å². The molecule has 0 aliphatic heterocycles. The predicted octanol–water partition coefficient (Wildman–Crippen LogP) is 2.12. The molecule has 6 heteroatoms. The highest BCUT2D eigenvalue weighted by Gasteiger charge is 2.13. The van der Waals surface area contributed by atoms with E-state index in [4.69, 9.17) is 5.11 Å². The van der Waals surface area contributed by atoms with Gasteiger partial charge < -0.3 is 10.4 Å². The van der Waals surface area contributed by atoms with E-state index in [-0.39, 0.29) is 5.41 Å². The van der Waals surface area contributed by atoms with Crippen LogP contribution in [0, 0.1) is 0 Å². The second-order valence-electron chi connectivity index (χ2n) is 5.07. The number of nitrogens with one attached hydrogen (secondary N) is 2. The molecule has 1 aromatic carbocycles. The number of hydroxylamine groups is 1. The fourth-order valence-corrected chi connectivity index (χ4v) is 1.37. The summed E-state index contributed by atoms with van der Waals surface area (Å²) >= 11 is 0. The number of amides is 2. The summed E-state index contributed by atoms with van der Waals surface area (Å²) in [6.07, 6.45) is 0. The average molecular weight is 266 g/mol. The predicted molar refractivity (Wildman–Crippen MR) is 70.9 cm³/mol. The molecule has 6 nitrogen and oxygen atoms in total. The first kappa shape index (κ1) is 15.0. The van der Waals surface area contributed by atoms with Gasteiger partial charge in [0.05, 0.1) is 0 Å². The molecule has 0 atom stereocenters. The zero-order valence-electron chi connectivity index (χ0n) is 11.2. The van der Waals surface area contributed by atoms with Crippen LogP contribution in [0.5, 0.6) is 0 Å². The van der Waals surface area contributed by atoms with Crippen molar-refractivity contribution in [1.82, 2.24) is 5.48 Å². The Kier molecular flexibility index (Phi) is 4.88. The smallest absolute Gasteiger partial charge is 0.343 e. The van der Waals surface area contributed by atoms with Crippen molar-refractivity contribution in [3.63, 3.8) is 0 Å². The van der Waals surface area contributed by atoms with Crippen molar-refractivity contribution in [1.29, 1.82) is 0 Å². The molecule has 0 bridgehead atoms. The van der Waals surface area contributed by atoms with Crippen LogP contribution < -0.4 is 10.8 Å². The van der Waals surface area contributed by atoms with Crippen LogP contribution in [0.15, 0.2) is 24.3 Å². The highest BCUT2D eigenvalue weighted by Crippen LogP contribution is 2.23. The van der Waals surface area contributed by atoms with Crippen molar-refractivity contribution >= 4 is 17.7 Å². The van der Waals surface area contributed by atoms with E-state index in [2.05, 4.69) is 30.9 Å². The van der Waals surface area contributed by atoms with Crippen molar-refractivity contribution in [3.8, 4) is 0 Å². The number of hydrogen-bond donors (Lipinski definition) is 3. The largest absolute Gasteiger partial charge is 0.479 e. The second-order valence-corrected chi connectivity index (χ2v) is 5.07. The third-order valence-corrected chi connectivity index (χ3v) is 2.37. The molecule has 0 saturated carbocycles. The van der Waals surface area contributed by atoms with Crippen molar-refractivity contribution in [2.75, 3.05) is 11.9 Å². The Morgan fingerprint density at radius 3 is 2.26 bits per heavy atom. The summed E-state index contributed by atoms with van der Waals surface area (Å²) in [5.41, 5.74) is 3.78. The van der Waals surface area contributed by atoms with Crippen molar-refractivity contribution in [3.05, 3.63) is 29.8 Å². The van der Waals surface area contributed by atoms with Gasteiger partial charge in [0.15, 0.2) is 6.61 Å². The quantitative estimate of drug-likeness (QED) is 0.728. The van der Waals surface area contributed by atoms with Gasteiger partial charge in [-0.25, -0.2) is 15.1 Å². The molecule has 104 valence electrons. The van der Waals surface area contributed by atoms with E-state index in [0.29, 0.717) is 5.69 Å². The Hall–Kier alpha value is -2.08. The van der Waals surface area contributed by atoms with Crippen molar-refractivity contribution in [2.24, 2.45) is 0 Å². The van der Waals surface area contributed by atoms with E-state index >= 15 is 0 Å². The maximum absolute atomic E-state index is 11.3. The molecule has 19 heavy (non-hydrogen) atoms. The fraction of sp³-hybridized carbons (Fsp3) is 0.385. The highest BCUT2D eigenvalue weighted by atomic mass is 16.7. The summed E-state index contributed by atoms with van der Waals surface area (Å²) in [4.78, 5) is 26.0. The Morgan fingerprint density at radius 1 is 1.21 bits per heavy atom. The van der Waals surface area contributed by atoms with Crippen LogP contribution >= 0.6 is 0 Å². The highest BCUT2D eigenvalue weighted by molar-refractivity contribution is 5.88. The maximum Gasteiger partial charge on any atom is 0.343 e. The molecular weight excluding hydrogens is 248 g/mol. The Morgan fingerprint density at radius 2 is 1.79 bits per heavy atom. The zero-order chi connectivity index (χ0) is 14.5. The summed E-state index contributed by atoms with van der Waals surface area (Å²) in [6, 6.07) is 6.78. The van der Waals surface area contributed by atoms with E-state index in [1.165, 1.54) is 0 Å². The molecule has 2 amide bonds. The lowest BCUT2D eigenvalue weighted by atomic mass is 9.87. The monoisotopic (exact) mass is 266 g/mol. The molecule has 0 saturated heterocycles. The van der Waals surface area contributed by atoms with E-state index in [9.17, 15) is 9.59 Å². The lowest BCUT2D eigenvalue weighted by Crippen LogP contribution is -2.30. The minimum absolute atomic E-state index is 0.0470. The first-order valence-corrected chi connectivity index (χ1v) is 5.80. The molecule has 0 heterocycles. The van der Waals surface area contributed by atoms with Crippen LogP contribution in [0.25, 0.3) is 0 Å². The summed E-state index contributed by atoms with van der Waals surface area (Å²) in [5.74, 6) is -1.16. The molecule has 0 spiro atoms. The Balaban J connectivity index is 2.49. The number of urea groups is 1. The van der Waals surface area contributed by atoms with E-state index in [1.54, 1.807) is 12.1 Å². The standard InChI is InChI=1S/C13H18N2O4/c1-13(2,3)9-4-6-10(7-5-9)14-12(18)15-19-8-11(16)17/h4-7H,8H2,1-3H3,(H,16,17)(H2,14,15,18). The van der Waals surface area contributed by atoms with Crippen molar-refractivity contribution in [2.45, 2.75) is 26.2 Å². The number of carbonyl (C=O) groups is 2. The topological polar surface area (TPSA) is 87.7 Å². The van der Waals surface area contributed by atoms with Gasteiger partial charge in [-0.2, -0.15) is 0 Å². The van der Waals surface area contributed by atoms with E-state index in [1.807, 2.05) is 17.6 Å². The minimum atomic E-state index is -1.16. The van der Waals surface area contributed by atoms with Gasteiger partial charge >= 0.3 is 12.0 Å². The van der Waals surface area contributed by atoms with Crippen molar-refractivity contribution < 1.29 is 19.5 Å². The minimum Gasteiger partial charge on any atom is -0.479 e.